The van der Waals surface area contributed by atoms with Crippen LogP contribution in [0.4, 0.5) is 0 Å². The van der Waals surface area contributed by atoms with Crippen LogP contribution in [0.3, 0.4) is 0 Å². The predicted molar refractivity (Wildman–Crippen MR) is 116 cm³/mol. The minimum Gasteiger partial charge on any atom is -0.388 e. The monoisotopic (exact) mass is 412 g/mol. The van der Waals surface area contributed by atoms with E-state index in [2.05, 4.69) is 0 Å². The van der Waals surface area contributed by atoms with Crippen molar-refractivity contribution in [2.45, 2.75) is 117 Å². The highest BCUT2D eigenvalue weighted by Gasteiger charge is 2.54. The molecule has 2 atom stereocenters. The van der Waals surface area contributed by atoms with Crippen LogP contribution >= 0.6 is 0 Å². The predicted octanol–water partition coefficient (Wildman–Crippen LogP) is 3.23. The molecule has 2 unspecified atom stereocenters. The summed E-state index contributed by atoms with van der Waals surface area (Å²) < 4.78 is 0. The summed E-state index contributed by atoms with van der Waals surface area (Å²) in [6.45, 7) is 15.0. The van der Waals surface area contributed by atoms with Gasteiger partial charge in [-0.15, -0.1) is 0 Å². The number of primary amides is 1. The van der Waals surface area contributed by atoms with Crippen LogP contribution in [-0.4, -0.2) is 50.2 Å². The Kier molecular flexibility index (Phi) is 8.34. The molecule has 0 heterocycles. The first-order chi connectivity index (χ1) is 13.0. The lowest BCUT2D eigenvalue weighted by molar-refractivity contribution is -0.168. The largest absolute Gasteiger partial charge is 0.388 e. The minimum atomic E-state index is -1.25. The van der Waals surface area contributed by atoms with Crippen molar-refractivity contribution in [2.24, 2.45) is 23.0 Å². The van der Waals surface area contributed by atoms with E-state index in [1.807, 2.05) is 27.7 Å². The molecule has 6 nitrogen and oxygen atoms in total. The van der Waals surface area contributed by atoms with Gasteiger partial charge in [0.15, 0.2) is 0 Å². The molecule has 1 saturated carbocycles. The molecule has 2 amide bonds. The third-order valence-corrected chi connectivity index (χ3v) is 6.26. The van der Waals surface area contributed by atoms with E-state index in [4.69, 9.17) is 5.73 Å². The molecular formula is C23H44N2O4. The Balaban J connectivity index is 3.66. The molecular weight excluding hydrogens is 368 g/mol. The molecule has 1 rings (SSSR count). The van der Waals surface area contributed by atoms with E-state index in [1.54, 1.807) is 32.6 Å². The van der Waals surface area contributed by atoms with Crippen LogP contribution in [0, 0.1) is 17.3 Å². The standard InChI is InChI=1S/C23H44N2O4/c1-15(2)13-17(21(5,6)28)25(18(14-16(3)4)22(7,8)29)20(27)23(19(24)26)11-9-10-12-23/h15-18,28-29H,9-14H2,1-8H3,(H2,24,26). The van der Waals surface area contributed by atoms with Gasteiger partial charge in [0.05, 0.1) is 23.3 Å². The number of carbonyl (C=O) groups excluding carboxylic acids is 2. The first-order valence-electron chi connectivity index (χ1n) is 11.1. The molecule has 0 spiro atoms. The van der Waals surface area contributed by atoms with Crippen LogP contribution in [0.15, 0.2) is 0 Å². The van der Waals surface area contributed by atoms with E-state index < -0.39 is 34.6 Å². The summed E-state index contributed by atoms with van der Waals surface area (Å²) in [6.07, 6.45) is 3.54. The topological polar surface area (TPSA) is 104 Å². The zero-order valence-corrected chi connectivity index (χ0v) is 19.8. The van der Waals surface area contributed by atoms with Gasteiger partial charge in [-0.2, -0.15) is 0 Å². The van der Waals surface area contributed by atoms with Crippen LogP contribution < -0.4 is 5.73 Å². The lowest BCUT2D eigenvalue weighted by atomic mass is 9.78. The molecule has 1 fully saturated rings. The molecule has 0 radical (unpaired) electrons. The Labute approximate surface area is 177 Å². The van der Waals surface area contributed by atoms with Crippen molar-refractivity contribution in [3.05, 3.63) is 0 Å². The molecule has 0 bridgehead atoms. The van der Waals surface area contributed by atoms with E-state index in [0.717, 1.165) is 12.8 Å². The maximum atomic E-state index is 14.1. The second kappa shape index (κ2) is 9.34. The van der Waals surface area contributed by atoms with Gasteiger partial charge in [0.25, 0.3) is 0 Å². The smallest absolute Gasteiger partial charge is 0.238 e. The summed E-state index contributed by atoms with van der Waals surface area (Å²) in [7, 11) is 0. The Morgan fingerprint density at radius 3 is 1.48 bits per heavy atom. The Morgan fingerprint density at radius 1 is 0.897 bits per heavy atom. The van der Waals surface area contributed by atoms with Crippen LogP contribution in [-0.2, 0) is 9.59 Å². The third-order valence-electron chi connectivity index (χ3n) is 6.26. The number of hydrogen-bond donors (Lipinski definition) is 3. The Morgan fingerprint density at radius 2 is 1.24 bits per heavy atom. The van der Waals surface area contributed by atoms with Crippen LogP contribution in [0.1, 0.15) is 93.9 Å². The molecule has 0 aromatic heterocycles. The van der Waals surface area contributed by atoms with Gasteiger partial charge >= 0.3 is 0 Å². The Hall–Kier alpha value is -1.14. The van der Waals surface area contributed by atoms with Crippen molar-refractivity contribution in [3.63, 3.8) is 0 Å². The summed E-state index contributed by atoms with van der Waals surface area (Å²) in [4.78, 5) is 28.2. The molecule has 1 aliphatic rings. The normalized spacial score (nSPS) is 19.4. The number of rotatable bonds is 10. The van der Waals surface area contributed by atoms with E-state index in [9.17, 15) is 19.8 Å². The number of carbonyl (C=O) groups is 2. The fraction of sp³-hybridized carbons (Fsp3) is 0.913. The molecule has 1 aliphatic carbocycles. The maximum absolute atomic E-state index is 14.1. The summed E-state index contributed by atoms with van der Waals surface area (Å²) in [5, 5.41) is 22.1. The van der Waals surface area contributed by atoms with Gasteiger partial charge in [-0.05, 0) is 65.2 Å². The third kappa shape index (κ3) is 6.17. The summed E-state index contributed by atoms with van der Waals surface area (Å²) in [5.74, 6) is -0.487. The molecule has 0 aromatic rings. The molecule has 0 aromatic carbocycles. The molecule has 29 heavy (non-hydrogen) atoms. The number of amides is 2. The Bertz CT molecular complexity index is 538. The highest BCUT2D eigenvalue weighted by molar-refractivity contribution is 6.05. The summed E-state index contributed by atoms with van der Waals surface area (Å²) in [6, 6.07) is -1.08. The minimum absolute atomic E-state index is 0.219. The van der Waals surface area contributed by atoms with Crippen molar-refractivity contribution in [3.8, 4) is 0 Å². The van der Waals surface area contributed by atoms with Gasteiger partial charge in [0.2, 0.25) is 11.8 Å². The average Bonchev–Trinajstić information content (AvgIpc) is 3.01. The lowest BCUT2D eigenvalue weighted by Gasteiger charge is -2.50. The molecule has 6 heteroatoms. The van der Waals surface area contributed by atoms with Gasteiger partial charge in [0, 0.05) is 0 Å². The zero-order valence-electron chi connectivity index (χ0n) is 19.8. The zero-order chi connectivity index (χ0) is 22.8. The highest BCUT2D eigenvalue weighted by atomic mass is 16.3. The van der Waals surface area contributed by atoms with Gasteiger partial charge < -0.3 is 20.8 Å². The van der Waals surface area contributed by atoms with Crippen molar-refractivity contribution < 1.29 is 19.8 Å². The number of nitrogens with two attached hydrogens (primary N) is 1. The van der Waals surface area contributed by atoms with Crippen molar-refractivity contribution in [1.82, 2.24) is 4.90 Å². The van der Waals surface area contributed by atoms with Crippen molar-refractivity contribution in [2.75, 3.05) is 0 Å². The quantitative estimate of drug-likeness (QED) is 0.479. The van der Waals surface area contributed by atoms with Gasteiger partial charge in [-0.25, -0.2) is 0 Å². The van der Waals surface area contributed by atoms with Crippen molar-refractivity contribution >= 4 is 11.8 Å². The van der Waals surface area contributed by atoms with Gasteiger partial charge in [-0.1, -0.05) is 40.5 Å². The van der Waals surface area contributed by atoms with E-state index in [0.29, 0.717) is 25.7 Å². The van der Waals surface area contributed by atoms with E-state index >= 15 is 0 Å². The molecule has 0 saturated heterocycles. The summed E-state index contributed by atoms with van der Waals surface area (Å²) >= 11 is 0. The van der Waals surface area contributed by atoms with E-state index in [-0.39, 0.29) is 17.7 Å². The lowest BCUT2D eigenvalue weighted by Crippen LogP contribution is -2.65. The average molecular weight is 413 g/mol. The number of nitrogens with zero attached hydrogens (tertiary/aromatic N) is 1. The molecule has 170 valence electrons. The number of aliphatic hydroxyl groups is 2. The highest BCUT2D eigenvalue weighted by Crippen LogP contribution is 2.43. The fourth-order valence-corrected chi connectivity index (χ4v) is 4.67. The first kappa shape index (κ1) is 25.9. The first-order valence-corrected chi connectivity index (χ1v) is 11.1. The molecule has 4 N–H and O–H groups in total. The van der Waals surface area contributed by atoms with Crippen molar-refractivity contribution in [1.29, 1.82) is 0 Å². The maximum Gasteiger partial charge on any atom is 0.238 e. The second-order valence-corrected chi connectivity index (χ2v) is 11.0. The van der Waals surface area contributed by atoms with E-state index in [1.165, 1.54) is 0 Å². The van der Waals surface area contributed by atoms with Crippen LogP contribution in [0.5, 0.6) is 0 Å². The molecule has 0 aliphatic heterocycles. The summed E-state index contributed by atoms with van der Waals surface area (Å²) in [5.41, 5.74) is 2.14. The second-order valence-electron chi connectivity index (χ2n) is 11.0. The van der Waals surface area contributed by atoms with Crippen LogP contribution in [0.2, 0.25) is 0 Å². The van der Waals surface area contributed by atoms with Gasteiger partial charge in [0.1, 0.15) is 5.41 Å². The SMILES string of the molecule is CC(C)CC(N(C(=O)C1(C(N)=O)CCCC1)C(CC(C)C)C(C)(C)O)C(C)(C)O. The van der Waals surface area contributed by atoms with Gasteiger partial charge in [-0.3, -0.25) is 9.59 Å². The number of hydrogen-bond acceptors (Lipinski definition) is 4. The fourth-order valence-electron chi connectivity index (χ4n) is 4.67. The van der Waals surface area contributed by atoms with Crippen LogP contribution in [0.25, 0.3) is 0 Å².